The molecule has 1 aliphatic rings. The molecule has 0 spiro atoms. The molecule has 1 aliphatic heterocycles. The molecular weight excluding hydrogens is 264 g/mol. The van der Waals surface area contributed by atoms with Crippen LogP contribution in [0.3, 0.4) is 0 Å². The number of hydrogen-bond donors (Lipinski definition) is 2. The van der Waals surface area contributed by atoms with E-state index in [0.29, 0.717) is 6.42 Å². The summed E-state index contributed by atoms with van der Waals surface area (Å²) in [7, 11) is 0. The van der Waals surface area contributed by atoms with Crippen LogP contribution in [0.4, 0.5) is 0 Å². The van der Waals surface area contributed by atoms with E-state index < -0.39 is 0 Å². The Morgan fingerprint density at radius 3 is 2.89 bits per heavy atom. The maximum absolute atomic E-state index is 11.7. The van der Waals surface area contributed by atoms with E-state index >= 15 is 0 Å². The number of pyridine rings is 1. The Morgan fingerprint density at radius 2 is 2.21 bits per heavy atom. The van der Waals surface area contributed by atoms with Crippen LogP contribution < -0.4 is 10.6 Å². The van der Waals surface area contributed by atoms with E-state index in [9.17, 15) is 4.79 Å². The lowest BCUT2D eigenvalue weighted by atomic mass is 10.2. The molecule has 2 heterocycles. The van der Waals surface area contributed by atoms with Gasteiger partial charge in [0.1, 0.15) is 0 Å². The summed E-state index contributed by atoms with van der Waals surface area (Å²) in [5, 5.41) is 6.26. The van der Waals surface area contributed by atoms with E-state index in [1.807, 2.05) is 12.1 Å². The molecule has 1 amide bonds. The normalized spacial score (nSPS) is 15.6. The van der Waals surface area contributed by atoms with E-state index in [4.69, 9.17) is 0 Å². The second kappa shape index (κ2) is 8.85. The van der Waals surface area contributed by atoms with Crippen molar-refractivity contribution in [2.45, 2.75) is 6.42 Å². The lowest BCUT2D eigenvalue weighted by molar-refractivity contribution is -0.120. The molecule has 5 nitrogen and oxygen atoms in total. The highest BCUT2D eigenvalue weighted by molar-refractivity contribution is 5.85. The van der Waals surface area contributed by atoms with Gasteiger partial charge in [-0.05, 0) is 11.6 Å². The number of hydrogen-bond acceptors (Lipinski definition) is 4. The SMILES string of the molecule is Cl.O=C(Cc1cccnc1)NCCN1CCNCC1. The topological polar surface area (TPSA) is 57.3 Å². The maximum atomic E-state index is 11.7. The van der Waals surface area contributed by atoms with E-state index in [1.165, 1.54) is 0 Å². The highest BCUT2D eigenvalue weighted by atomic mass is 35.5. The van der Waals surface area contributed by atoms with Crippen molar-refractivity contribution in [1.29, 1.82) is 0 Å². The first kappa shape index (κ1) is 15.9. The molecule has 0 atom stereocenters. The van der Waals surface area contributed by atoms with Gasteiger partial charge in [-0.3, -0.25) is 14.7 Å². The molecule has 0 saturated carbocycles. The Bertz CT molecular complexity index is 368. The molecule has 106 valence electrons. The van der Waals surface area contributed by atoms with Gasteiger partial charge in [0.05, 0.1) is 6.42 Å². The van der Waals surface area contributed by atoms with Crippen molar-refractivity contribution in [3.8, 4) is 0 Å². The number of carbonyl (C=O) groups is 1. The average molecular weight is 285 g/mol. The number of halogens is 1. The van der Waals surface area contributed by atoms with Gasteiger partial charge in [0, 0.05) is 51.7 Å². The molecule has 1 aromatic heterocycles. The van der Waals surface area contributed by atoms with Gasteiger partial charge in [0.2, 0.25) is 5.91 Å². The molecule has 1 fully saturated rings. The van der Waals surface area contributed by atoms with Crippen molar-refractivity contribution in [3.63, 3.8) is 0 Å². The number of aromatic nitrogens is 1. The van der Waals surface area contributed by atoms with Gasteiger partial charge in [0.25, 0.3) is 0 Å². The molecular formula is C13H21ClN4O. The first-order valence-electron chi connectivity index (χ1n) is 6.43. The number of rotatable bonds is 5. The lowest BCUT2D eigenvalue weighted by Crippen LogP contribution is -2.46. The molecule has 2 N–H and O–H groups in total. The van der Waals surface area contributed by atoms with Crippen LogP contribution in [0.5, 0.6) is 0 Å². The van der Waals surface area contributed by atoms with E-state index in [-0.39, 0.29) is 18.3 Å². The predicted octanol–water partition coefficient (Wildman–Crippen LogP) is 0.0673. The van der Waals surface area contributed by atoms with Crippen LogP contribution in [0.2, 0.25) is 0 Å². The average Bonchev–Trinajstić information content (AvgIpc) is 2.41. The van der Waals surface area contributed by atoms with Crippen LogP contribution in [-0.2, 0) is 11.2 Å². The summed E-state index contributed by atoms with van der Waals surface area (Å²) in [5.74, 6) is 0.0677. The fourth-order valence-electron chi connectivity index (χ4n) is 2.04. The first-order chi connectivity index (χ1) is 8.84. The van der Waals surface area contributed by atoms with Crippen LogP contribution >= 0.6 is 12.4 Å². The second-order valence-electron chi connectivity index (χ2n) is 4.48. The molecule has 0 bridgehead atoms. The highest BCUT2D eigenvalue weighted by Crippen LogP contribution is 1.96. The van der Waals surface area contributed by atoms with Gasteiger partial charge in [-0.2, -0.15) is 0 Å². The molecule has 1 aromatic rings. The zero-order valence-corrected chi connectivity index (χ0v) is 11.8. The zero-order valence-electron chi connectivity index (χ0n) is 11.0. The number of piperazine rings is 1. The van der Waals surface area contributed by atoms with Crippen LogP contribution in [0, 0.1) is 0 Å². The maximum Gasteiger partial charge on any atom is 0.224 e. The quantitative estimate of drug-likeness (QED) is 0.803. The second-order valence-corrected chi connectivity index (χ2v) is 4.48. The Kier molecular flexibility index (Phi) is 7.40. The van der Waals surface area contributed by atoms with Crippen LogP contribution in [0.1, 0.15) is 5.56 Å². The van der Waals surface area contributed by atoms with Crippen LogP contribution in [-0.4, -0.2) is 55.1 Å². The molecule has 19 heavy (non-hydrogen) atoms. The predicted molar refractivity (Wildman–Crippen MR) is 77.5 cm³/mol. The summed E-state index contributed by atoms with van der Waals surface area (Å²) in [5.41, 5.74) is 0.956. The van der Waals surface area contributed by atoms with Crippen molar-refractivity contribution in [2.24, 2.45) is 0 Å². The molecule has 0 radical (unpaired) electrons. The molecule has 0 aromatic carbocycles. The molecule has 1 saturated heterocycles. The summed E-state index contributed by atoms with van der Waals surface area (Å²) in [6.07, 6.45) is 3.86. The van der Waals surface area contributed by atoms with E-state index in [0.717, 1.165) is 44.8 Å². The van der Waals surface area contributed by atoms with Gasteiger partial charge >= 0.3 is 0 Å². The summed E-state index contributed by atoms with van der Waals surface area (Å²) in [6, 6.07) is 3.77. The summed E-state index contributed by atoms with van der Waals surface area (Å²) < 4.78 is 0. The van der Waals surface area contributed by atoms with Crippen LogP contribution in [0.15, 0.2) is 24.5 Å². The zero-order chi connectivity index (χ0) is 12.6. The minimum absolute atomic E-state index is 0. The van der Waals surface area contributed by atoms with Gasteiger partial charge in [-0.1, -0.05) is 6.07 Å². The fraction of sp³-hybridized carbons (Fsp3) is 0.538. The standard InChI is InChI=1S/C13H20N4O.ClH/c18-13(10-12-2-1-3-15-11-12)16-6-9-17-7-4-14-5-8-17;/h1-3,11,14H,4-10H2,(H,16,18);1H. The molecule has 0 aliphatic carbocycles. The Balaban J connectivity index is 0.00000180. The van der Waals surface area contributed by atoms with Crippen molar-refractivity contribution < 1.29 is 4.79 Å². The summed E-state index contributed by atoms with van der Waals surface area (Å²) >= 11 is 0. The Labute approximate surface area is 120 Å². The molecule has 6 heteroatoms. The number of carbonyl (C=O) groups excluding carboxylic acids is 1. The highest BCUT2D eigenvalue weighted by Gasteiger charge is 2.09. The van der Waals surface area contributed by atoms with Gasteiger partial charge in [-0.25, -0.2) is 0 Å². The molecule has 2 rings (SSSR count). The smallest absolute Gasteiger partial charge is 0.224 e. The van der Waals surface area contributed by atoms with Crippen molar-refractivity contribution in [1.82, 2.24) is 20.5 Å². The van der Waals surface area contributed by atoms with Crippen molar-refractivity contribution >= 4 is 18.3 Å². The van der Waals surface area contributed by atoms with E-state index in [2.05, 4.69) is 20.5 Å². The monoisotopic (exact) mass is 284 g/mol. The minimum atomic E-state index is 0. The lowest BCUT2D eigenvalue weighted by Gasteiger charge is -2.27. The first-order valence-corrected chi connectivity index (χ1v) is 6.43. The van der Waals surface area contributed by atoms with Crippen molar-refractivity contribution in [3.05, 3.63) is 30.1 Å². The summed E-state index contributed by atoms with van der Waals surface area (Å²) in [4.78, 5) is 18.0. The Hall–Kier alpha value is -1.17. The van der Waals surface area contributed by atoms with Gasteiger partial charge < -0.3 is 10.6 Å². The third kappa shape index (κ3) is 6.00. The van der Waals surface area contributed by atoms with Crippen molar-refractivity contribution in [2.75, 3.05) is 39.3 Å². The number of nitrogens with zero attached hydrogens (tertiary/aromatic N) is 2. The fourth-order valence-corrected chi connectivity index (χ4v) is 2.04. The third-order valence-electron chi connectivity index (χ3n) is 3.05. The van der Waals surface area contributed by atoms with Gasteiger partial charge in [-0.15, -0.1) is 12.4 Å². The summed E-state index contributed by atoms with van der Waals surface area (Å²) in [6.45, 7) is 5.88. The third-order valence-corrected chi connectivity index (χ3v) is 3.05. The van der Waals surface area contributed by atoms with Crippen LogP contribution in [0.25, 0.3) is 0 Å². The number of amides is 1. The largest absolute Gasteiger partial charge is 0.355 e. The minimum Gasteiger partial charge on any atom is -0.355 e. The molecule has 0 unspecified atom stereocenters. The van der Waals surface area contributed by atoms with Gasteiger partial charge in [0.15, 0.2) is 0 Å². The number of nitrogens with one attached hydrogen (secondary N) is 2. The van der Waals surface area contributed by atoms with E-state index in [1.54, 1.807) is 12.4 Å². The Morgan fingerprint density at radius 1 is 1.42 bits per heavy atom.